The number of rotatable bonds is 6. The Morgan fingerprint density at radius 3 is 1.65 bits per heavy atom. The molecule has 74 heavy (non-hydrogen) atoms. The molecule has 0 radical (unpaired) electrons. The zero-order valence-electron chi connectivity index (χ0n) is 46.0. The van der Waals surface area contributed by atoms with Crippen LogP contribution in [0.1, 0.15) is 132 Å². The number of aromatic nitrogens is 4. The zero-order valence-corrected chi connectivity index (χ0v) is 48.3. The summed E-state index contributed by atoms with van der Waals surface area (Å²) in [6.07, 6.45) is 1.94. The van der Waals surface area contributed by atoms with Crippen molar-refractivity contribution in [1.82, 2.24) is 19.1 Å². The molecular weight excluding hydrogens is 1080 g/mol. The van der Waals surface area contributed by atoms with E-state index in [2.05, 4.69) is 265 Å². The van der Waals surface area contributed by atoms with Crippen molar-refractivity contribution in [3.63, 3.8) is 0 Å². The number of pyridine rings is 1. The molecule has 6 heteroatoms. The summed E-state index contributed by atoms with van der Waals surface area (Å²) in [7, 11) is 0. The molecular formula is C68H71N4OPt-. The van der Waals surface area contributed by atoms with E-state index in [1.54, 1.807) is 0 Å². The molecule has 5 nitrogen and oxygen atoms in total. The van der Waals surface area contributed by atoms with Crippen LogP contribution in [0.5, 0.6) is 5.75 Å². The Balaban J connectivity index is 0.00000672. The minimum atomic E-state index is -0.329. The molecule has 3 heterocycles. The van der Waals surface area contributed by atoms with Gasteiger partial charge in [0.1, 0.15) is 11.6 Å². The van der Waals surface area contributed by atoms with Gasteiger partial charge in [0.15, 0.2) is 0 Å². The van der Waals surface area contributed by atoms with Crippen molar-refractivity contribution in [1.29, 1.82) is 0 Å². The average Bonchev–Trinajstić information content (AvgIpc) is 3.89. The van der Waals surface area contributed by atoms with Crippen molar-refractivity contribution in [2.24, 2.45) is 0 Å². The van der Waals surface area contributed by atoms with Crippen molar-refractivity contribution >= 4 is 32.8 Å². The summed E-state index contributed by atoms with van der Waals surface area (Å²) >= 11 is 0. The quantitative estimate of drug-likeness (QED) is 0.169. The third-order valence-electron chi connectivity index (χ3n) is 14.7. The van der Waals surface area contributed by atoms with Crippen LogP contribution in [0.2, 0.25) is 0 Å². The first kappa shape index (κ1) is 52.3. The van der Waals surface area contributed by atoms with E-state index in [1.807, 2.05) is 6.20 Å². The molecule has 0 fully saturated rings. The minimum Gasteiger partial charge on any atom is -0.507 e. The predicted molar refractivity (Wildman–Crippen MR) is 309 cm³/mol. The average molecular weight is 1160 g/mol. The largest absolute Gasteiger partial charge is 0.507 e. The van der Waals surface area contributed by atoms with Gasteiger partial charge in [-0.3, -0.25) is 9.55 Å². The number of hydrogen-bond donors (Lipinski definition) is 1. The first-order chi connectivity index (χ1) is 34.3. The molecule has 10 rings (SSSR count). The van der Waals surface area contributed by atoms with Crippen molar-refractivity contribution < 1.29 is 26.2 Å². The Bertz CT molecular complexity index is 3730. The van der Waals surface area contributed by atoms with Crippen LogP contribution in [-0.2, 0) is 48.1 Å². The standard InChI is InChI=1S/C68H71N4O.Pt/c1-64(2,3)45-34-43(33-44(35-45)57-36-42(31-32-69-57)52-27-21-28-54-53-25-19-20-29-58(53)71(61(52)54)49-23-17-16-18-24-49)51-26-22-30-59-60(51)70-63(55-40-48(67(10,11)12)41-56(62(55)73)68(13,14)15)72(59)50-38-46(65(4,5)6)37-47(39-50)66(7,8)9;/h16-32,34-41,73H,1-15H3;/q-1;. The molecule has 0 bridgehead atoms. The summed E-state index contributed by atoms with van der Waals surface area (Å²) < 4.78 is 4.69. The van der Waals surface area contributed by atoms with E-state index < -0.39 is 0 Å². The van der Waals surface area contributed by atoms with Gasteiger partial charge in [0.25, 0.3) is 0 Å². The summed E-state index contributed by atoms with van der Waals surface area (Å²) in [5.41, 5.74) is 17.6. The molecule has 0 saturated carbocycles. The molecule has 10 aromatic rings. The summed E-state index contributed by atoms with van der Waals surface area (Å²) in [5, 5.41) is 15.0. The third kappa shape index (κ3) is 9.58. The van der Waals surface area contributed by atoms with Gasteiger partial charge >= 0.3 is 0 Å². The van der Waals surface area contributed by atoms with Crippen molar-refractivity contribution in [2.45, 2.75) is 131 Å². The Kier molecular flexibility index (Phi) is 13.2. The van der Waals surface area contributed by atoms with Crippen LogP contribution >= 0.6 is 0 Å². The fourth-order valence-corrected chi connectivity index (χ4v) is 10.3. The molecule has 7 aromatic carbocycles. The smallest absolute Gasteiger partial charge is 0.148 e. The van der Waals surface area contributed by atoms with Gasteiger partial charge in [-0.15, -0.1) is 29.3 Å². The molecule has 0 aliphatic rings. The van der Waals surface area contributed by atoms with Gasteiger partial charge in [0.05, 0.1) is 27.6 Å². The molecule has 0 spiro atoms. The summed E-state index contributed by atoms with van der Waals surface area (Å²) in [6.45, 7) is 33.7. The molecule has 0 saturated heterocycles. The summed E-state index contributed by atoms with van der Waals surface area (Å²) in [4.78, 5) is 10.8. The van der Waals surface area contributed by atoms with Crippen LogP contribution in [0.4, 0.5) is 0 Å². The summed E-state index contributed by atoms with van der Waals surface area (Å²) in [6, 6.07) is 56.7. The van der Waals surface area contributed by atoms with Crippen LogP contribution in [0.25, 0.3) is 89.1 Å². The number of aromatic hydroxyl groups is 1. The monoisotopic (exact) mass is 1150 g/mol. The number of fused-ring (bicyclic) bond motifs is 4. The van der Waals surface area contributed by atoms with Gasteiger partial charge in [0.2, 0.25) is 0 Å². The van der Waals surface area contributed by atoms with Gasteiger partial charge in [-0.05, 0) is 97.9 Å². The third-order valence-corrected chi connectivity index (χ3v) is 14.7. The van der Waals surface area contributed by atoms with Crippen LogP contribution in [0, 0.1) is 6.07 Å². The minimum absolute atomic E-state index is 0. The topological polar surface area (TPSA) is 55.9 Å². The predicted octanol–water partition coefficient (Wildman–Crippen LogP) is 18.2. The number of phenols is 1. The number of para-hydroxylation sites is 4. The second-order valence-corrected chi connectivity index (χ2v) is 25.4. The van der Waals surface area contributed by atoms with E-state index in [9.17, 15) is 5.11 Å². The summed E-state index contributed by atoms with van der Waals surface area (Å²) in [5.74, 6) is 0.960. The Morgan fingerprint density at radius 2 is 1.00 bits per heavy atom. The van der Waals surface area contributed by atoms with Crippen molar-refractivity contribution in [3.05, 3.63) is 186 Å². The molecule has 380 valence electrons. The Morgan fingerprint density at radius 1 is 0.446 bits per heavy atom. The fraction of sp³-hybridized carbons (Fsp3) is 0.294. The van der Waals surface area contributed by atoms with E-state index in [1.165, 1.54) is 33.0 Å². The van der Waals surface area contributed by atoms with Gasteiger partial charge in [0, 0.05) is 66.2 Å². The maximum atomic E-state index is 12.6. The SMILES string of the molecule is CC(C)(C)c1cc(-c2cc(-c3cccc4c5ccccc5n(-c5ccccc5)c34)ccn2)[c-]c(-c2cccc3c2nc(-c2cc(C(C)(C)C)cc(C(C)(C)C)c2O)n3-c2cc(C(C)(C)C)cc(C(C)(C)C)c2)c1.[Pt]. The molecule has 3 aromatic heterocycles. The maximum Gasteiger partial charge on any atom is 0.148 e. The van der Waals surface area contributed by atoms with Gasteiger partial charge in [-0.2, -0.15) is 0 Å². The van der Waals surface area contributed by atoms with E-state index in [0.29, 0.717) is 11.4 Å². The molecule has 0 aliphatic heterocycles. The van der Waals surface area contributed by atoms with Crippen LogP contribution < -0.4 is 0 Å². The second-order valence-electron chi connectivity index (χ2n) is 25.4. The molecule has 1 N–H and O–H groups in total. The molecule has 0 atom stereocenters. The Hall–Kier alpha value is -6.55. The van der Waals surface area contributed by atoms with Gasteiger partial charge < -0.3 is 9.67 Å². The van der Waals surface area contributed by atoms with E-state index in [-0.39, 0.29) is 53.9 Å². The normalized spacial score (nSPS) is 12.7. The fourth-order valence-electron chi connectivity index (χ4n) is 10.3. The Labute approximate surface area is 454 Å². The zero-order chi connectivity index (χ0) is 52.2. The van der Waals surface area contributed by atoms with E-state index in [0.717, 1.165) is 72.6 Å². The van der Waals surface area contributed by atoms with E-state index in [4.69, 9.17) is 9.97 Å². The second kappa shape index (κ2) is 18.7. The number of imidazole rings is 1. The number of hydrogen-bond acceptors (Lipinski definition) is 3. The molecule has 0 amide bonds. The van der Waals surface area contributed by atoms with Crippen LogP contribution in [-0.4, -0.2) is 24.2 Å². The van der Waals surface area contributed by atoms with E-state index >= 15 is 0 Å². The first-order valence-electron chi connectivity index (χ1n) is 26.0. The van der Waals surface area contributed by atoms with Gasteiger partial charge in [-0.25, -0.2) is 4.98 Å². The molecule has 0 unspecified atom stereocenters. The maximum absolute atomic E-state index is 12.6. The van der Waals surface area contributed by atoms with Gasteiger partial charge in [-0.1, -0.05) is 200 Å². The van der Waals surface area contributed by atoms with Crippen LogP contribution in [0.15, 0.2) is 152 Å². The number of phenolic OH excluding ortho intramolecular Hbond substituents is 1. The van der Waals surface area contributed by atoms with Crippen LogP contribution in [0.3, 0.4) is 0 Å². The number of nitrogens with zero attached hydrogens (tertiary/aromatic N) is 4. The van der Waals surface area contributed by atoms with Crippen molar-refractivity contribution in [2.75, 3.05) is 0 Å². The molecule has 0 aliphatic carbocycles. The number of benzene rings is 7. The first-order valence-corrected chi connectivity index (χ1v) is 26.0. The van der Waals surface area contributed by atoms with Crippen molar-refractivity contribution in [3.8, 4) is 62.0 Å².